The molecule has 1 aromatic rings. The number of carbonyl (C=O) groups excluding carboxylic acids is 1. The molecule has 1 saturated heterocycles. The Morgan fingerprint density at radius 3 is 2.65 bits per heavy atom. The maximum Gasteiger partial charge on any atom is 0.244 e. The van der Waals surface area contributed by atoms with Gasteiger partial charge in [0.2, 0.25) is 5.91 Å². The summed E-state index contributed by atoms with van der Waals surface area (Å²) in [7, 11) is 0. The highest BCUT2D eigenvalue weighted by Gasteiger charge is 2.30. The summed E-state index contributed by atoms with van der Waals surface area (Å²) < 4.78 is 0. The molecule has 1 unspecified atom stereocenters. The fourth-order valence-corrected chi connectivity index (χ4v) is 2.69. The molecule has 0 spiro atoms. The lowest BCUT2D eigenvalue weighted by Gasteiger charge is -2.35. The summed E-state index contributed by atoms with van der Waals surface area (Å²) in [6, 6.07) is 3.68. The van der Waals surface area contributed by atoms with Gasteiger partial charge in [0.15, 0.2) is 0 Å². The second-order valence-corrected chi connectivity index (χ2v) is 4.99. The van der Waals surface area contributed by atoms with Crippen LogP contribution in [0, 0.1) is 0 Å². The molecule has 1 N–H and O–H groups in total. The molecule has 1 amide bonds. The molecule has 0 radical (unpaired) electrons. The van der Waals surface area contributed by atoms with E-state index < -0.39 is 0 Å². The minimum atomic E-state index is -0.211. The number of hydrogen-bond donors (Lipinski definition) is 1. The van der Waals surface area contributed by atoms with E-state index >= 15 is 0 Å². The van der Waals surface area contributed by atoms with Gasteiger partial charge in [-0.1, -0.05) is 19.9 Å². The summed E-state index contributed by atoms with van der Waals surface area (Å²) in [4.78, 5) is 21.2. The van der Waals surface area contributed by atoms with Crippen LogP contribution in [0.25, 0.3) is 0 Å². The van der Waals surface area contributed by atoms with Crippen molar-refractivity contribution in [3.63, 3.8) is 0 Å². The Morgan fingerprint density at radius 2 is 2.10 bits per heavy atom. The first-order valence-corrected chi connectivity index (χ1v) is 7.41. The van der Waals surface area contributed by atoms with Gasteiger partial charge in [-0.3, -0.25) is 14.7 Å². The zero-order chi connectivity index (χ0) is 14.4. The molecule has 1 aliphatic heterocycles. The van der Waals surface area contributed by atoms with E-state index in [1.54, 1.807) is 6.20 Å². The van der Waals surface area contributed by atoms with Crippen molar-refractivity contribution in [2.75, 3.05) is 39.3 Å². The first kappa shape index (κ1) is 14.9. The molecule has 0 bridgehead atoms. The Morgan fingerprint density at radius 1 is 1.40 bits per heavy atom. The summed E-state index contributed by atoms with van der Waals surface area (Å²) >= 11 is 0. The quantitative estimate of drug-likeness (QED) is 0.868. The van der Waals surface area contributed by atoms with Gasteiger partial charge in [-0.25, -0.2) is 0 Å². The monoisotopic (exact) mass is 276 g/mol. The normalized spacial score (nSPS) is 17.2. The predicted molar refractivity (Wildman–Crippen MR) is 79.3 cm³/mol. The van der Waals surface area contributed by atoms with E-state index in [-0.39, 0.29) is 11.9 Å². The summed E-state index contributed by atoms with van der Waals surface area (Å²) in [6.07, 6.45) is 3.56. The van der Waals surface area contributed by atoms with E-state index in [2.05, 4.69) is 29.0 Å². The third-order valence-corrected chi connectivity index (χ3v) is 3.84. The smallest absolute Gasteiger partial charge is 0.244 e. The van der Waals surface area contributed by atoms with Gasteiger partial charge in [0, 0.05) is 38.6 Å². The number of aromatic nitrogens is 1. The Labute approximate surface area is 121 Å². The third-order valence-electron chi connectivity index (χ3n) is 3.84. The highest BCUT2D eigenvalue weighted by atomic mass is 16.2. The Bertz CT molecular complexity index is 413. The maximum atomic E-state index is 12.9. The molecule has 0 aliphatic carbocycles. The molecule has 1 fully saturated rings. The van der Waals surface area contributed by atoms with Crippen LogP contribution in [0.1, 0.15) is 25.5 Å². The standard InChI is InChI=1S/C15H24N4O/c1-3-18(4-2)14(13-6-5-7-17-12-13)15(20)19-10-8-16-9-11-19/h5-7,12,14,16H,3-4,8-11H2,1-2H3. The average molecular weight is 276 g/mol. The number of rotatable bonds is 5. The Kier molecular flexibility index (Phi) is 5.49. The number of piperazine rings is 1. The SMILES string of the molecule is CCN(CC)C(C(=O)N1CCNCC1)c1cccnc1. The van der Waals surface area contributed by atoms with E-state index in [1.165, 1.54) is 0 Å². The van der Waals surface area contributed by atoms with Gasteiger partial charge < -0.3 is 10.2 Å². The van der Waals surface area contributed by atoms with Crippen LogP contribution in [0.15, 0.2) is 24.5 Å². The lowest BCUT2D eigenvalue weighted by atomic mass is 10.1. The number of nitrogens with one attached hydrogen (secondary N) is 1. The molecule has 20 heavy (non-hydrogen) atoms. The highest BCUT2D eigenvalue weighted by molar-refractivity contribution is 5.83. The average Bonchev–Trinajstić information content (AvgIpc) is 2.53. The van der Waals surface area contributed by atoms with E-state index in [0.29, 0.717) is 0 Å². The summed E-state index contributed by atoms with van der Waals surface area (Å²) in [5.74, 6) is 0.197. The highest BCUT2D eigenvalue weighted by Crippen LogP contribution is 2.22. The minimum Gasteiger partial charge on any atom is -0.338 e. The van der Waals surface area contributed by atoms with Crippen LogP contribution in [0.4, 0.5) is 0 Å². The van der Waals surface area contributed by atoms with Gasteiger partial charge in [-0.2, -0.15) is 0 Å². The van der Waals surface area contributed by atoms with Crippen molar-refractivity contribution >= 4 is 5.91 Å². The molecular weight excluding hydrogens is 252 g/mol. The molecule has 0 aromatic carbocycles. The maximum absolute atomic E-state index is 12.9. The first-order chi connectivity index (χ1) is 9.77. The lowest BCUT2D eigenvalue weighted by Crippen LogP contribution is -2.50. The topological polar surface area (TPSA) is 48.5 Å². The number of nitrogens with zero attached hydrogens (tertiary/aromatic N) is 3. The summed E-state index contributed by atoms with van der Waals surface area (Å²) in [5.41, 5.74) is 0.986. The van der Waals surface area contributed by atoms with E-state index in [9.17, 15) is 4.79 Å². The van der Waals surface area contributed by atoms with Crippen molar-refractivity contribution in [1.29, 1.82) is 0 Å². The van der Waals surface area contributed by atoms with E-state index in [1.807, 2.05) is 23.2 Å². The van der Waals surface area contributed by atoms with Gasteiger partial charge in [-0.05, 0) is 24.7 Å². The number of pyridine rings is 1. The van der Waals surface area contributed by atoms with Crippen LogP contribution in [0.2, 0.25) is 0 Å². The molecule has 110 valence electrons. The van der Waals surface area contributed by atoms with Crippen molar-refractivity contribution in [1.82, 2.24) is 20.1 Å². The Balaban J connectivity index is 2.23. The van der Waals surface area contributed by atoms with Crippen molar-refractivity contribution in [2.24, 2.45) is 0 Å². The number of hydrogen-bond acceptors (Lipinski definition) is 4. The molecule has 0 saturated carbocycles. The van der Waals surface area contributed by atoms with Crippen molar-refractivity contribution < 1.29 is 4.79 Å². The van der Waals surface area contributed by atoms with Crippen LogP contribution >= 0.6 is 0 Å². The lowest BCUT2D eigenvalue weighted by molar-refractivity contribution is -0.137. The van der Waals surface area contributed by atoms with Gasteiger partial charge >= 0.3 is 0 Å². The number of amides is 1. The van der Waals surface area contributed by atoms with Gasteiger partial charge in [0.25, 0.3) is 0 Å². The van der Waals surface area contributed by atoms with Crippen LogP contribution < -0.4 is 5.32 Å². The van der Waals surface area contributed by atoms with Gasteiger partial charge in [0.05, 0.1) is 0 Å². The molecule has 5 heteroatoms. The molecule has 2 rings (SSSR count). The fourth-order valence-electron chi connectivity index (χ4n) is 2.69. The summed E-state index contributed by atoms with van der Waals surface area (Å²) in [6.45, 7) is 9.23. The minimum absolute atomic E-state index is 0.197. The molecule has 1 aliphatic rings. The second kappa shape index (κ2) is 7.36. The van der Waals surface area contributed by atoms with Crippen LogP contribution in [-0.2, 0) is 4.79 Å². The van der Waals surface area contributed by atoms with E-state index in [4.69, 9.17) is 0 Å². The molecule has 1 atom stereocenters. The molecule has 1 aromatic heterocycles. The number of carbonyl (C=O) groups is 1. The second-order valence-electron chi connectivity index (χ2n) is 4.99. The van der Waals surface area contributed by atoms with Gasteiger partial charge in [-0.15, -0.1) is 0 Å². The van der Waals surface area contributed by atoms with Crippen LogP contribution in [0.5, 0.6) is 0 Å². The predicted octanol–water partition coefficient (Wildman–Crippen LogP) is 0.896. The van der Waals surface area contributed by atoms with Crippen LogP contribution in [-0.4, -0.2) is 60.0 Å². The summed E-state index contributed by atoms with van der Waals surface area (Å²) in [5, 5.41) is 3.29. The van der Waals surface area contributed by atoms with Crippen LogP contribution in [0.3, 0.4) is 0 Å². The zero-order valence-corrected chi connectivity index (χ0v) is 12.4. The van der Waals surface area contributed by atoms with Crippen molar-refractivity contribution in [3.8, 4) is 0 Å². The van der Waals surface area contributed by atoms with Crippen molar-refractivity contribution in [2.45, 2.75) is 19.9 Å². The molecule has 2 heterocycles. The fraction of sp³-hybridized carbons (Fsp3) is 0.600. The zero-order valence-electron chi connectivity index (χ0n) is 12.4. The Hall–Kier alpha value is -1.46. The largest absolute Gasteiger partial charge is 0.338 e. The van der Waals surface area contributed by atoms with Crippen molar-refractivity contribution in [3.05, 3.63) is 30.1 Å². The molecule has 5 nitrogen and oxygen atoms in total. The third kappa shape index (κ3) is 3.35. The van der Waals surface area contributed by atoms with Gasteiger partial charge in [0.1, 0.15) is 6.04 Å². The van der Waals surface area contributed by atoms with E-state index in [0.717, 1.165) is 44.8 Å². The molecular formula is C15H24N4O. The number of likely N-dealkylation sites (N-methyl/N-ethyl adjacent to an activating group) is 1. The first-order valence-electron chi connectivity index (χ1n) is 7.41.